The number of benzene rings is 1. The Hall–Kier alpha value is -2.55. The molecule has 0 radical (unpaired) electrons. The molecule has 0 unspecified atom stereocenters. The minimum absolute atomic E-state index is 0.192. The van der Waals surface area contributed by atoms with Crippen LogP contribution in [0.1, 0.15) is 15.9 Å². The van der Waals surface area contributed by atoms with E-state index in [0.717, 1.165) is 12.3 Å². The molecule has 2 aromatic rings. The lowest BCUT2D eigenvalue weighted by atomic mass is 10.2. The van der Waals surface area contributed by atoms with Crippen molar-refractivity contribution in [1.82, 2.24) is 0 Å². The topological polar surface area (TPSA) is 79.5 Å². The first kappa shape index (κ1) is 14.9. The highest BCUT2D eigenvalue weighted by atomic mass is 35.5. The number of carbonyl (C=O) groups is 1. The van der Waals surface area contributed by atoms with Crippen molar-refractivity contribution in [1.29, 1.82) is 0 Å². The molecule has 2 rings (SSSR count). The van der Waals surface area contributed by atoms with Crippen molar-refractivity contribution in [3.63, 3.8) is 0 Å². The number of anilines is 1. The summed E-state index contributed by atoms with van der Waals surface area (Å²) in [5.41, 5.74) is 0.629. The number of hydrogen-bond donors (Lipinski definition) is 2. The van der Waals surface area contributed by atoms with Crippen molar-refractivity contribution in [2.45, 2.75) is 0 Å². The van der Waals surface area contributed by atoms with Crippen LogP contribution in [0.3, 0.4) is 0 Å². The van der Waals surface area contributed by atoms with Crippen LogP contribution in [0.4, 0.5) is 5.69 Å². The molecule has 21 heavy (non-hydrogen) atoms. The van der Waals surface area contributed by atoms with E-state index in [9.17, 15) is 9.59 Å². The van der Waals surface area contributed by atoms with Crippen LogP contribution in [0.25, 0.3) is 0 Å². The van der Waals surface area contributed by atoms with E-state index in [2.05, 4.69) is 21.6 Å². The predicted octanol–water partition coefficient (Wildman–Crippen LogP) is 1.89. The molecule has 2 N–H and O–H groups in total. The van der Waals surface area contributed by atoms with Gasteiger partial charge in [-0.15, -0.1) is 0 Å². The quantitative estimate of drug-likeness (QED) is 0.830. The lowest BCUT2D eigenvalue weighted by Gasteiger charge is -2.07. The Kier molecular flexibility index (Phi) is 4.77. The maximum atomic E-state index is 12.0. The van der Waals surface area contributed by atoms with E-state index in [1.165, 1.54) is 6.07 Å². The Morgan fingerprint density at radius 1 is 1.33 bits per heavy atom. The second-order valence-corrected chi connectivity index (χ2v) is 4.36. The lowest BCUT2D eigenvalue weighted by molar-refractivity contribution is 0.102. The monoisotopic (exact) mass is 303 g/mol. The van der Waals surface area contributed by atoms with Crippen molar-refractivity contribution >= 4 is 23.2 Å². The number of amides is 1. The standard InChI is InChI=1S/C15H10ClNO4/c16-12-5-3-10(2-1-7-18)8-13(12)17-15(20)11-4-6-14(19)21-9-11/h3-6,8-9,18H,7H2,(H,17,20). The molecule has 0 aliphatic heterocycles. The van der Waals surface area contributed by atoms with Gasteiger partial charge in [0.05, 0.1) is 16.3 Å². The highest BCUT2D eigenvalue weighted by Gasteiger charge is 2.09. The van der Waals surface area contributed by atoms with Gasteiger partial charge in [0.25, 0.3) is 5.91 Å². The van der Waals surface area contributed by atoms with Gasteiger partial charge in [0.2, 0.25) is 0 Å². The first-order chi connectivity index (χ1) is 10.1. The van der Waals surface area contributed by atoms with Gasteiger partial charge in [-0.1, -0.05) is 23.4 Å². The van der Waals surface area contributed by atoms with Gasteiger partial charge in [-0.05, 0) is 24.3 Å². The summed E-state index contributed by atoms with van der Waals surface area (Å²) in [6.45, 7) is -0.257. The highest BCUT2D eigenvalue weighted by molar-refractivity contribution is 6.34. The molecular weight excluding hydrogens is 294 g/mol. The molecule has 0 aliphatic carbocycles. The van der Waals surface area contributed by atoms with Crippen molar-refractivity contribution in [2.75, 3.05) is 11.9 Å². The van der Waals surface area contributed by atoms with Gasteiger partial charge >= 0.3 is 5.63 Å². The molecule has 0 atom stereocenters. The molecule has 5 nitrogen and oxygen atoms in total. The number of rotatable bonds is 2. The van der Waals surface area contributed by atoms with E-state index >= 15 is 0 Å². The van der Waals surface area contributed by atoms with Gasteiger partial charge < -0.3 is 14.8 Å². The normalized spacial score (nSPS) is 9.62. The molecular formula is C15H10ClNO4. The summed E-state index contributed by atoms with van der Waals surface area (Å²) in [6, 6.07) is 7.35. The van der Waals surface area contributed by atoms with Gasteiger partial charge in [-0.3, -0.25) is 4.79 Å². The Balaban J connectivity index is 2.24. The summed E-state index contributed by atoms with van der Waals surface area (Å²) < 4.78 is 4.62. The molecule has 1 aromatic heterocycles. The third-order valence-electron chi connectivity index (χ3n) is 2.49. The largest absolute Gasteiger partial charge is 0.430 e. The van der Waals surface area contributed by atoms with E-state index in [0.29, 0.717) is 16.3 Å². The third-order valence-corrected chi connectivity index (χ3v) is 2.82. The minimum Gasteiger partial charge on any atom is -0.430 e. The van der Waals surface area contributed by atoms with E-state index < -0.39 is 11.5 Å². The van der Waals surface area contributed by atoms with Crippen molar-refractivity contribution < 1.29 is 14.3 Å². The predicted molar refractivity (Wildman–Crippen MR) is 78.3 cm³/mol. The summed E-state index contributed by atoms with van der Waals surface area (Å²) in [5.74, 6) is 4.75. The average Bonchev–Trinajstić information content (AvgIpc) is 2.48. The lowest BCUT2D eigenvalue weighted by Crippen LogP contribution is -2.13. The van der Waals surface area contributed by atoms with Gasteiger partial charge in [0, 0.05) is 11.6 Å². The van der Waals surface area contributed by atoms with Crippen LogP contribution < -0.4 is 10.9 Å². The molecule has 0 fully saturated rings. The number of aliphatic hydroxyl groups is 1. The molecule has 0 spiro atoms. The molecule has 0 saturated carbocycles. The average molecular weight is 304 g/mol. The van der Waals surface area contributed by atoms with Crippen LogP contribution in [0, 0.1) is 11.8 Å². The summed E-state index contributed by atoms with van der Waals surface area (Å²) in [6.07, 6.45) is 1.07. The van der Waals surface area contributed by atoms with Crippen LogP contribution >= 0.6 is 11.6 Å². The maximum absolute atomic E-state index is 12.0. The maximum Gasteiger partial charge on any atom is 0.335 e. The zero-order valence-electron chi connectivity index (χ0n) is 10.7. The Morgan fingerprint density at radius 2 is 2.14 bits per heavy atom. The molecule has 106 valence electrons. The smallest absolute Gasteiger partial charge is 0.335 e. The first-order valence-electron chi connectivity index (χ1n) is 5.89. The van der Waals surface area contributed by atoms with Gasteiger partial charge in [0.1, 0.15) is 12.9 Å². The van der Waals surface area contributed by atoms with Crippen molar-refractivity contribution in [2.24, 2.45) is 0 Å². The SMILES string of the molecule is O=C(Nc1cc(C#CCO)ccc1Cl)c1ccc(=O)oc1. The van der Waals surface area contributed by atoms with Crippen molar-refractivity contribution in [3.05, 3.63) is 63.2 Å². The second kappa shape index (κ2) is 6.75. The molecule has 1 amide bonds. The fourth-order valence-corrected chi connectivity index (χ4v) is 1.69. The fourth-order valence-electron chi connectivity index (χ4n) is 1.52. The van der Waals surface area contributed by atoms with Gasteiger partial charge in [-0.25, -0.2) is 4.79 Å². The molecule has 0 saturated heterocycles. The molecule has 0 bridgehead atoms. The van der Waals surface area contributed by atoms with E-state index in [1.807, 2.05) is 0 Å². The molecule has 1 heterocycles. The van der Waals surface area contributed by atoms with Crippen LogP contribution in [0.2, 0.25) is 5.02 Å². The summed E-state index contributed by atoms with van der Waals surface area (Å²) in [5, 5.41) is 11.6. The van der Waals surface area contributed by atoms with Crippen LogP contribution in [0.5, 0.6) is 0 Å². The number of aliphatic hydroxyl groups excluding tert-OH is 1. The summed E-state index contributed by atoms with van der Waals surface area (Å²) in [4.78, 5) is 22.8. The highest BCUT2D eigenvalue weighted by Crippen LogP contribution is 2.23. The minimum atomic E-state index is -0.536. The fraction of sp³-hybridized carbons (Fsp3) is 0.0667. The van der Waals surface area contributed by atoms with Gasteiger partial charge in [-0.2, -0.15) is 0 Å². The molecule has 0 aliphatic rings. The van der Waals surface area contributed by atoms with E-state index in [1.54, 1.807) is 18.2 Å². The summed E-state index contributed by atoms with van der Waals surface area (Å²) in [7, 11) is 0. The zero-order chi connectivity index (χ0) is 15.2. The first-order valence-corrected chi connectivity index (χ1v) is 6.27. The Morgan fingerprint density at radius 3 is 2.81 bits per heavy atom. The molecule has 6 heteroatoms. The number of hydrogen-bond acceptors (Lipinski definition) is 4. The number of nitrogens with one attached hydrogen (secondary N) is 1. The van der Waals surface area contributed by atoms with E-state index in [4.69, 9.17) is 16.7 Å². The van der Waals surface area contributed by atoms with E-state index in [-0.39, 0.29) is 12.2 Å². The third kappa shape index (κ3) is 3.96. The molecule has 1 aromatic carbocycles. The Labute approximate surface area is 125 Å². The Bertz CT molecular complexity index is 766. The van der Waals surface area contributed by atoms with Crippen LogP contribution in [0.15, 0.2) is 45.8 Å². The van der Waals surface area contributed by atoms with Crippen LogP contribution in [-0.2, 0) is 0 Å². The van der Waals surface area contributed by atoms with Crippen molar-refractivity contribution in [3.8, 4) is 11.8 Å². The zero-order valence-corrected chi connectivity index (χ0v) is 11.5. The number of halogens is 1. The summed E-state index contributed by atoms with van der Waals surface area (Å²) >= 11 is 6.00. The van der Waals surface area contributed by atoms with Gasteiger partial charge in [0.15, 0.2) is 0 Å². The second-order valence-electron chi connectivity index (χ2n) is 3.95. The number of carbonyl (C=O) groups excluding carboxylic acids is 1. The van der Waals surface area contributed by atoms with Crippen LogP contribution in [-0.4, -0.2) is 17.6 Å².